The first kappa shape index (κ1) is 45.9. The summed E-state index contributed by atoms with van der Waals surface area (Å²) in [5, 5.41) is 77.8. The Morgan fingerprint density at radius 1 is 0.742 bits per heavy atom. The van der Waals surface area contributed by atoms with Crippen LogP contribution in [0.4, 0.5) is 0 Å². The van der Waals surface area contributed by atoms with E-state index in [4.69, 9.17) is 33.2 Å². The first-order valence-corrected chi connectivity index (χ1v) is 22.7. The summed E-state index contributed by atoms with van der Waals surface area (Å²) in [6.45, 7) is 8.15. The van der Waals surface area contributed by atoms with E-state index in [1.165, 1.54) is 25.1 Å². The number of aromatic hydroxyl groups is 1. The maximum atomic E-state index is 14.9. The molecule has 4 aliphatic heterocycles. The van der Waals surface area contributed by atoms with Gasteiger partial charge < -0.3 is 68.9 Å². The molecule has 342 valence electrons. The van der Waals surface area contributed by atoms with E-state index in [1.54, 1.807) is 27.0 Å². The molecular formula is C44H58O17S. The van der Waals surface area contributed by atoms with Crippen molar-refractivity contribution in [3.63, 3.8) is 0 Å². The fourth-order valence-corrected chi connectivity index (χ4v) is 11.1. The Morgan fingerprint density at radius 3 is 2.08 bits per heavy atom. The van der Waals surface area contributed by atoms with Gasteiger partial charge >= 0.3 is 0 Å². The molecule has 4 saturated heterocycles. The molecule has 1 unspecified atom stereocenters. The lowest BCUT2D eigenvalue weighted by Gasteiger charge is -2.56. The molecule has 1 aromatic carbocycles. The Morgan fingerprint density at radius 2 is 1.40 bits per heavy atom. The van der Waals surface area contributed by atoms with Crippen LogP contribution in [0.25, 0.3) is 0 Å². The molecule has 7 N–H and O–H groups in total. The number of thioether (sulfide) groups is 1. The summed E-state index contributed by atoms with van der Waals surface area (Å²) in [4.78, 5) is 44.3. The molecule has 8 rings (SSSR count). The maximum absolute atomic E-state index is 14.9. The van der Waals surface area contributed by atoms with Crippen molar-refractivity contribution in [1.82, 2.24) is 0 Å². The quantitative estimate of drug-likeness (QED) is 0.197. The molecule has 7 aliphatic rings. The van der Waals surface area contributed by atoms with E-state index < -0.39 is 144 Å². The number of ketones is 3. The van der Waals surface area contributed by atoms with Crippen molar-refractivity contribution < 1.29 is 83.3 Å². The van der Waals surface area contributed by atoms with Gasteiger partial charge in [-0.05, 0) is 65.9 Å². The highest BCUT2D eigenvalue weighted by molar-refractivity contribution is 8.02. The van der Waals surface area contributed by atoms with E-state index in [2.05, 4.69) is 0 Å². The summed E-state index contributed by atoms with van der Waals surface area (Å²) in [5.41, 5.74) is -7.62. The van der Waals surface area contributed by atoms with Gasteiger partial charge in [-0.2, -0.15) is 0 Å². The number of benzene rings is 1. The lowest BCUT2D eigenvalue weighted by atomic mass is 9.57. The van der Waals surface area contributed by atoms with E-state index >= 15 is 0 Å². The monoisotopic (exact) mass is 890 g/mol. The van der Waals surface area contributed by atoms with Gasteiger partial charge in [0.25, 0.3) is 0 Å². The van der Waals surface area contributed by atoms with Crippen LogP contribution in [0.5, 0.6) is 5.75 Å². The predicted octanol–water partition coefficient (Wildman–Crippen LogP) is 2.18. The Balaban J connectivity index is 1.06. The van der Waals surface area contributed by atoms with Gasteiger partial charge in [-0.1, -0.05) is 6.07 Å². The largest absolute Gasteiger partial charge is 0.507 e. The first-order chi connectivity index (χ1) is 29.2. The van der Waals surface area contributed by atoms with Crippen LogP contribution in [-0.4, -0.2) is 156 Å². The average molecular weight is 891 g/mol. The zero-order valence-corrected chi connectivity index (χ0v) is 36.4. The minimum Gasteiger partial charge on any atom is -0.507 e. The third kappa shape index (κ3) is 7.74. The van der Waals surface area contributed by atoms with Crippen LogP contribution < -0.4 is 0 Å². The van der Waals surface area contributed by atoms with Gasteiger partial charge in [-0.15, -0.1) is 11.8 Å². The van der Waals surface area contributed by atoms with Crippen LogP contribution in [0.3, 0.4) is 0 Å². The third-order valence-corrected chi connectivity index (χ3v) is 14.6. The molecule has 18 heteroatoms. The minimum absolute atomic E-state index is 0.0274. The van der Waals surface area contributed by atoms with Crippen LogP contribution >= 0.6 is 11.8 Å². The third-order valence-electron chi connectivity index (χ3n) is 13.7. The molecule has 0 bridgehead atoms. The second-order valence-corrected chi connectivity index (χ2v) is 19.1. The fraction of sp³-hybridized carbons (Fsp3) is 0.705. The number of carbonyl (C=O) groups excluding carboxylic acids is 3. The van der Waals surface area contributed by atoms with Crippen LogP contribution in [0.15, 0.2) is 34.3 Å². The van der Waals surface area contributed by atoms with Crippen molar-refractivity contribution in [2.45, 2.75) is 189 Å². The standard InChI is InChI=1S/C44H58O17S/c1-18-25(45)9-11-33(56-18)61-44-30(47)16-42(5,53)17-43(44,54)31(62-6)13-24-36(44)41(52)23-8-7-22(39(50)35(23)40(24)51)28-15-29(38(49)21(4)55-28)60-32-12-10-27(19(2)57-32)59-34-14-26(46)37(48)20(3)58-34/h7-8,13,18-21,25-29,32-34,37-38,45-46,48-50,53-54H,9-12,14-17H2,1-6H3/t18-,19-,20+,21+,25-,26+,27-,28?,29+,32-,33-,34-,37+,38+,42-,43+,44-/m0/s1. The molecular weight excluding hydrogens is 833 g/mol. The summed E-state index contributed by atoms with van der Waals surface area (Å²) in [7, 11) is 0. The normalized spacial score (nSPS) is 45.0. The number of allylic oxidation sites excluding steroid dienone is 2. The highest BCUT2D eigenvalue weighted by atomic mass is 32.2. The van der Waals surface area contributed by atoms with Crippen LogP contribution in [0.1, 0.15) is 118 Å². The number of hydrogen-bond donors (Lipinski definition) is 7. The summed E-state index contributed by atoms with van der Waals surface area (Å²) >= 11 is 1.02. The first-order valence-electron chi connectivity index (χ1n) is 21.5. The van der Waals surface area contributed by atoms with Gasteiger partial charge in [0, 0.05) is 60.1 Å². The average Bonchev–Trinajstić information content (AvgIpc) is 3.19. The van der Waals surface area contributed by atoms with Gasteiger partial charge in [0.05, 0.1) is 71.7 Å². The smallest absolute Gasteiger partial charge is 0.198 e. The van der Waals surface area contributed by atoms with Crippen molar-refractivity contribution >= 4 is 29.1 Å². The van der Waals surface area contributed by atoms with Crippen molar-refractivity contribution in [2.75, 3.05) is 6.26 Å². The summed E-state index contributed by atoms with van der Waals surface area (Å²) < 4.78 is 43.0. The zero-order chi connectivity index (χ0) is 44.8. The van der Waals surface area contributed by atoms with Gasteiger partial charge in [-0.3, -0.25) is 14.4 Å². The molecule has 1 aromatic rings. The van der Waals surface area contributed by atoms with Crippen LogP contribution in [-0.2, 0) is 38.0 Å². The Kier molecular flexibility index (Phi) is 12.6. The number of carbonyl (C=O) groups is 3. The van der Waals surface area contributed by atoms with Crippen molar-refractivity contribution in [2.24, 2.45) is 0 Å². The number of ether oxygens (including phenoxy) is 7. The topological polar surface area (TPSA) is 257 Å². The molecule has 5 fully saturated rings. The van der Waals surface area contributed by atoms with E-state index in [0.717, 1.165) is 11.8 Å². The van der Waals surface area contributed by atoms with Gasteiger partial charge in [0.15, 0.2) is 41.8 Å². The number of phenols is 1. The maximum Gasteiger partial charge on any atom is 0.198 e. The van der Waals surface area contributed by atoms with Gasteiger partial charge in [-0.25, -0.2) is 0 Å². The zero-order valence-electron chi connectivity index (χ0n) is 35.6. The molecule has 3 aliphatic carbocycles. The molecule has 0 spiro atoms. The van der Waals surface area contributed by atoms with E-state index in [0.29, 0.717) is 12.8 Å². The van der Waals surface area contributed by atoms with Crippen molar-refractivity contribution in [3.05, 3.63) is 51.0 Å². The lowest BCUT2D eigenvalue weighted by Crippen LogP contribution is -2.72. The van der Waals surface area contributed by atoms with Crippen molar-refractivity contribution in [3.8, 4) is 5.75 Å². The highest BCUT2D eigenvalue weighted by Gasteiger charge is 2.71. The van der Waals surface area contributed by atoms with Crippen LogP contribution in [0, 0.1) is 0 Å². The van der Waals surface area contributed by atoms with Crippen LogP contribution in [0.2, 0.25) is 0 Å². The number of aliphatic hydroxyl groups is 6. The fourth-order valence-electron chi connectivity index (χ4n) is 10.3. The van der Waals surface area contributed by atoms with E-state index in [9.17, 15) is 50.1 Å². The Bertz CT molecular complexity index is 2010. The second kappa shape index (κ2) is 17.0. The summed E-state index contributed by atoms with van der Waals surface area (Å²) in [6, 6.07) is 2.79. The van der Waals surface area contributed by atoms with E-state index in [1.807, 2.05) is 6.92 Å². The number of aliphatic hydroxyl groups excluding tert-OH is 4. The Labute approximate surface area is 363 Å². The number of hydrogen-bond acceptors (Lipinski definition) is 18. The molecule has 1 saturated carbocycles. The molecule has 62 heavy (non-hydrogen) atoms. The highest BCUT2D eigenvalue weighted by Crippen LogP contribution is 2.58. The molecule has 0 amide bonds. The SMILES string of the molecule is CSC1=CC2=C(C(=O)c3ccc(C4C[C@@H](O[C@H]5CC[C@H](O[C@H]6C[C@@H](O)[C@H](O)[C@@H](C)O6)[C@H](C)O5)[C@H](O)[C@@H](C)O4)c(O)c3C2=O)[C@@]2(O[C@H]3CC[C@H](O)[C@H](C)O3)C(=O)C[C@](C)(O)C[C@@]12O. The van der Waals surface area contributed by atoms with E-state index in [-0.39, 0.29) is 52.9 Å². The summed E-state index contributed by atoms with van der Waals surface area (Å²) in [6.07, 6.45) is -7.94. The molecule has 0 aromatic heterocycles. The summed E-state index contributed by atoms with van der Waals surface area (Å²) in [5.74, 6) is -3.02. The molecule has 4 heterocycles. The molecule has 17 atom stereocenters. The molecule has 17 nitrogen and oxygen atoms in total. The number of fused-ring (bicyclic) bond motifs is 3. The van der Waals surface area contributed by atoms with Gasteiger partial charge in [0.2, 0.25) is 0 Å². The number of phenolic OH excluding ortho intramolecular Hbond substituents is 1. The minimum atomic E-state index is -2.50. The van der Waals surface area contributed by atoms with Gasteiger partial charge in [0.1, 0.15) is 23.6 Å². The predicted molar refractivity (Wildman–Crippen MR) is 217 cm³/mol. The molecule has 0 radical (unpaired) electrons. The number of rotatable bonds is 8. The van der Waals surface area contributed by atoms with Crippen molar-refractivity contribution in [1.29, 1.82) is 0 Å². The second-order valence-electron chi connectivity index (χ2n) is 18.3. The number of Topliss-reactive ketones (excluding diaryl/α,β-unsaturated/α-hetero) is 3. The lowest BCUT2D eigenvalue weighted by molar-refractivity contribution is -0.306. The Hall–Kier alpha value is -2.66.